The molecule has 0 saturated heterocycles. The largest absolute Gasteiger partial charge is 0.454 e. The molecule has 1 heterocycles. The summed E-state index contributed by atoms with van der Waals surface area (Å²) in [7, 11) is 0. The van der Waals surface area contributed by atoms with Crippen LogP contribution in [-0.4, -0.2) is 40.2 Å². The molecule has 1 amide bonds. The highest BCUT2D eigenvalue weighted by molar-refractivity contribution is 6.30. The Morgan fingerprint density at radius 3 is 2.32 bits per heavy atom. The van der Waals surface area contributed by atoms with Crippen molar-refractivity contribution in [3.05, 3.63) is 64.7 Å². The van der Waals surface area contributed by atoms with E-state index in [9.17, 15) is 18.0 Å². The molecule has 12 heteroatoms. The number of benzene rings is 2. The zero-order valence-corrected chi connectivity index (χ0v) is 20.8. The third kappa shape index (κ3) is 7.45. The Bertz CT molecular complexity index is 1220. The first-order chi connectivity index (χ1) is 17.7. The molecule has 0 spiro atoms. The highest BCUT2D eigenvalue weighted by atomic mass is 35.5. The summed E-state index contributed by atoms with van der Waals surface area (Å²) < 4.78 is 43.1. The second kappa shape index (κ2) is 11.2. The lowest BCUT2D eigenvalue weighted by molar-refractivity contribution is -0.154. The van der Waals surface area contributed by atoms with E-state index in [4.69, 9.17) is 16.3 Å². The van der Waals surface area contributed by atoms with E-state index in [0.29, 0.717) is 22.8 Å². The molecule has 2 aromatic carbocycles. The van der Waals surface area contributed by atoms with Crippen LogP contribution in [0.4, 0.5) is 30.8 Å². The number of aromatic nitrogens is 3. The fourth-order valence-electron chi connectivity index (χ4n) is 3.59. The summed E-state index contributed by atoms with van der Waals surface area (Å²) in [6, 6.07) is 13.4. The molecular weight excluding hydrogens is 509 g/mol. The number of alkyl halides is 3. The van der Waals surface area contributed by atoms with Crippen molar-refractivity contribution in [2.24, 2.45) is 0 Å². The average molecular weight is 535 g/mol. The fraction of sp³-hybridized carbons (Fsp3) is 0.360. The normalized spacial score (nSPS) is 14.1. The van der Waals surface area contributed by atoms with Gasteiger partial charge in [-0.15, -0.1) is 0 Å². The van der Waals surface area contributed by atoms with Crippen LogP contribution < -0.4 is 20.7 Å². The number of halogens is 4. The monoisotopic (exact) mass is 534 g/mol. The zero-order chi connectivity index (χ0) is 26.5. The van der Waals surface area contributed by atoms with Crippen LogP contribution in [0.1, 0.15) is 48.5 Å². The van der Waals surface area contributed by atoms with E-state index in [1.807, 2.05) is 19.1 Å². The van der Waals surface area contributed by atoms with E-state index in [2.05, 4.69) is 30.9 Å². The SMILES string of the molecule is CCCCNC(=O)c1ccc(Nc2nc(NC3(c4ccc(Cl)cc4)CC3)nc(OCC(F)(F)F)n2)cc1. The zero-order valence-electron chi connectivity index (χ0n) is 20.0. The van der Waals surface area contributed by atoms with Crippen LogP contribution in [0.2, 0.25) is 5.02 Å². The highest BCUT2D eigenvalue weighted by Gasteiger charge is 2.45. The first kappa shape index (κ1) is 26.5. The average Bonchev–Trinajstić information content (AvgIpc) is 3.63. The summed E-state index contributed by atoms with van der Waals surface area (Å²) >= 11 is 6.00. The quantitative estimate of drug-likeness (QED) is 0.266. The maximum Gasteiger partial charge on any atom is 0.422 e. The molecule has 37 heavy (non-hydrogen) atoms. The number of carbonyl (C=O) groups is 1. The molecule has 8 nitrogen and oxygen atoms in total. The van der Waals surface area contributed by atoms with Gasteiger partial charge in [-0.25, -0.2) is 0 Å². The molecule has 1 aliphatic rings. The number of hydrogen-bond donors (Lipinski definition) is 3. The van der Waals surface area contributed by atoms with Gasteiger partial charge in [-0.3, -0.25) is 4.79 Å². The van der Waals surface area contributed by atoms with Crippen LogP contribution in [0.15, 0.2) is 48.5 Å². The standard InChI is InChI=1S/C25H26ClF3N6O2/c1-2-3-14-30-20(36)16-4-10-19(11-5-16)31-21-32-22(34-23(33-21)37-15-25(27,28)29)35-24(12-13-24)17-6-8-18(26)9-7-17/h4-11H,2-3,12-15H2,1H3,(H,30,36)(H2,31,32,33,34,35). The molecule has 0 aliphatic heterocycles. The molecule has 0 bridgehead atoms. The van der Waals surface area contributed by atoms with Crippen molar-refractivity contribution in [2.75, 3.05) is 23.8 Å². The van der Waals surface area contributed by atoms with Gasteiger partial charge >= 0.3 is 12.2 Å². The summed E-state index contributed by atoms with van der Waals surface area (Å²) in [6.45, 7) is 1.09. The smallest absolute Gasteiger partial charge is 0.422 e. The molecule has 1 saturated carbocycles. The van der Waals surface area contributed by atoms with Crippen molar-refractivity contribution in [1.82, 2.24) is 20.3 Å². The molecule has 4 rings (SSSR count). The van der Waals surface area contributed by atoms with Crippen LogP contribution >= 0.6 is 11.6 Å². The lowest BCUT2D eigenvalue weighted by Crippen LogP contribution is -2.24. The summed E-state index contributed by atoms with van der Waals surface area (Å²) in [5.41, 5.74) is 1.50. The van der Waals surface area contributed by atoms with Gasteiger partial charge in [0.15, 0.2) is 6.61 Å². The van der Waals surface area contributed by atoms with Gasteiger partial charge in [-0.1, -0.05) is 37.1 Å². The lowest BCUT2D eigenvalue weighted by atomic mass is 10.1. The van der Waals surface area contributed by atoms with Gasteiger partial charge in [0.1, 0.15) is 0 Å². The van der Waals surface area contributed by atoms with Crippen LogP contribution in [-0.2, 0) is 5.54 Å². The number of ether oxygens (including phenoxy) is 1. The van der Waals surface area contributed by atoms with Crippen LogP contribution in [0.25, 0.3) is 0 Å². The van der Waals surface area contributed by atoms with Gasteiger partial charge in [0.2, 0.25) is 11.9 Å². The van der Waals surface area contributed by atoms with E-state index < -0.39 is 24.3 Å². The third-order valence-electron chi connectivity index (χ3n) is 5.70. The highest BCUT2D eigenvalue weighted by Crippen LogP contribution is 2.48. The minimum absolute atomic E-state index is 0.0123. The second-order valence-electron chi connectivity index (χ2n) is 8.69. The number of rotatable bonds is 11. The summed E-state index contributed by atoms with van der Waals surface area (Å²) in [5.74, 6) is -0.137. The minimum Gasteiger partial charge on any atom is -0.454 e. The number of unbranched alkanes of at least 4 members (excludes halogenated alkanes) is 1. The van der Waals surface area contributed by atoms with Crippen molar-refractivity contribution >= 4 is 35.1 Å². The Labute approximate surface area is 217 Å². The number of hydrogen-bond acceptors (Lipinski definition) is 7. The summed E-state index contributed by atoms with van der Waals surface area (Å²) in [6.07, 6.45) is -1.13. The molecular formula is C25H26ClF3N6O2. The van der Waals surface area contributed by atoms with E-state index in [1.54, 1.807) is 36.4 Å². The Balaban J connectivity index is 1.52. The Kier molecular flexibility index (Phi) is 8.01. The number of carbonyl (C=O) groups excluding carboxylic acids is 1. The molecule has 3 N–H and O–H groups in total. The van der Waals surface area contributed by atoms with Crippen LogP contribution in [0.5, 0.6) is 6.01 Å². The molecule has 1 fully saturated rings. The molecule has 196 valence electrons. The van der Waals surface area contributed by atoms with Crippen LogP contribution in [0.3, 0.4) is 0 Å². The van der Waals surface area contributed by atoms with E-state index in [0.717, 1.165) is 31.2 Å². The number of amides is 1. The minimum atomic E-state index is -4.55. The fourth-order valence-corrected chi connectivity index (χ4v) is 3.71. The lowest BCUT2D eigenvalue weighted by Gasteiger charge is -2.19. The maximum atomic E-state index is 12.8. The molecule has 1 aromatic heterocycles. The number of anilines is 3. The number of nitrogens with zero attached hydrogens (tertiary/aromatic N) is 3. The molecule has 0 atom stereocenters. The van der Waals surface area contributed by atoms with Crippen molar-refractivity contribution < 1.29 is 22.7 Å². The van der Waals surface area contributed by atoms with Crippen molar-refractivity contribution in [2.45, 2.75) is 44.3 Å². The van der Waals surface area contributed by atoms with E-state index >= 15 is 0 Å². The first-order valence-electron chi connectivity index (χ1n) is 11.8. The van der Waals surface area contributed by atoms with Gasteiger partial charge in [-0.05, 0) is 61.2 Å². The van der Waals surface area contributed by atoms with Gasteiger partial charge in [0.25, 0.3) is 5.91 Å². The summed E-state index contributed by atoms with van der Waals surface area (Å²) in [4.78, 5) is 24.6. The first-order valence-corrected chi connectivity index (χ1v) is 12.2. The van der Waals surface area contributed by atoms with Crippen LogP contribution in [0, 0.1) is 0 Å². The molecule has 1 aliphatic carbocycles. The van der Waals surface area contributed by atoms with Gasteiger partial charge in [0, 0.05) is 22.8 Å². The number of nitrogens with one attached hydrogen (secondary N) is 3. The predicted molar refractivity (Wildman–Crippen MR) is 134 cm³/mol. The third-order valence-corrected chi connectivity index (χ3v) is 5.95. The topological polar surface area (TPSA) is 101 Å². The van der Waals surface area contributed by atoms with Crippen molar-refractivity contribution in [3.8, 4) is 6.01 Å². The van der Waals surface area contributed by atoms with Gasteiger partial charge in [-0.2, -0.15) is 28.1 Å². The summed E-state index contributed by atoms with van der Waals surface area (Å²) in [5, 5.41) is 9.59. The Morgan fingerprint density at radius 2 is 1.70 bits per heavy atom. The predicted octanol–water partition coefficient (Wildman–Crippen LogP) is 5.84. The van der Waals surface area contributed by atoms with Gasteiger partial charge < -0.3 is 20.7 Å². The van der Waals surface area contributed by atoms with Gasteiger partial charge in [0.05, 0.1) is 5.54 Å². The Hall–Kier alpha value is -3.60. The van der Waals surface area contributed by atoms with Crippen molar-refractivity contribution in [1.29, 1.82) is 0 Å². The molecule has 0 radical (unpaired) electrons. The maximum absolute atomic E-state index is 12.8. The molecule has 0 unspecified atom stereocenters. The van der Waals surface area contributed by atoms with E-state index in [1.165, 1.54) is 0 Å². The van der Waals surface area contributed by atoms with Crippen molar-refractivity contribution in [3.63, 3.8) is 0 Å². The second-order valence-corrected chi connectivity index (χ2v) is 9.13. The van der Waals surface area contributed by atoms with E-state index in [-0.39, 0.29) is 17.8 Å². The Morgan fingerprint density at radius 1 is 1.03 bits per heavy atom. The molecule has 3 aromatic rings.